The number of rotatable bonds is 3. The van der Waals surface area contributed by atoms with E-state index in [-0.39, 0.29) is 0 Å². The Labute approximate surface area is 137 Å². The highest BCUT2D eigenvalue weighted by Gasteiger charge is 2.36. The van der Waals surface area contributed by atoms with Gasteiger partial charge in [-0.15, -0.1) is 11.8 Å². The summed E-state index contributed by atoms with van der Waals surface area (Å²) in [4.78, 5) is 8.88. The van der Waals surface area contributed by atoms with Gasteiger partial charge in [-0.2, -0.15) is 0 Å². The molecule has 4 rings (SSSR count). The van der Waals surface area contributed by atoms with Crippen molar-refractivity contribution in [2.45, 2.75) is 17.9 Å². The van der Waals surface area contributed by atoms with E-state index >= 15 is 0 Å². The molecule has 2 aliphatic heterocycles. The smallest absolute Gasteiger partial charge is 0.168 e. The molecule has 1 aromatic carbocycles. The van der Waals surface area contributed by atoms with Crippen molar-refractivity contribution in [2.24, 2.45) is 4.99 Å². The first-order valence-electron chi connectivity index (χ1n) is 7.17. The van der Waals surface area contributed by atoms with Crippen LogP contribution in [0.4, 0.5) is 0 Å². The Morgan fingerprint density at radius 1 is 1.41 bits per heavy atom. The molecule has 1 atom stereocenters. The molecule has 0 amide bonds. The van der Waals surface area contributed by atoms with E-state index in [0.717, 1.165) is 45.4 Å². The number of hydrogen-bond acceptors (Lipinski definition) is 6. The van der Waals surface area contributed by atoms with Gasteiger partial charge >= 0.3 is 0 Å². The van der Waals surface area contributed by atoms with Crippen LogP contribution in [0.3, 0.4) is 0 Å². The van der Waals surface area contributed by atoms with Crippen molar-refractivity contribution in [1.82, 2.24) is 4.90 Å². The molecule has 0 bridgehead atoms. The van der Waals surface area contributed by atoms with Crippen LogP contribution in [0.15, 0.2) is 43.7 Å². The van der Waals surface area contributed by atoms with Crippen LogP contribution in [0.1, 0.15) is 12.5 Å². The molecule has 1 N–H and O–H groups in total. The Kier molecular flexibility index (Phi) is 3.47. The lowest BCUT2D eigenvalue weighted by Gasteiger charge is -2.18. The van der Waals surface area contributed by atoms with Crippen molar-refractivity contribution in [3.63, 3.8) is 0 Å². The van der Waals surface area contributed by atoms with Crippen LogP contribution < -0.4 is 0 Å². The molecule has 2 aromatic rings. The van der Waals surface area contributed by atoms with Crippen molar-refractivity contribution in [3.05, 3.63) is 34.9 Å². The summed E-state index contributed by atoms with van der Waals surface area (Å²) < 4.78 is 5.78. The van der Waals surface area contributed by atoms with Gasteiger partial charge < -0.3 is 14.4 Å². The summed E-state index contributed by atoms with van der Waals surface area (Å²) >= 11 is 3.28. The number of furan rings is 1. The highest BCUT2D eigenvalue weighted by molar-refractivity contribution is 8.17. The highest BCUT2D eigenvalue weighted by atomic mass is 32.2. The quantitative estimate of drug-likeness (QED) is 0.870. The third kappa shape index (κ3) is 2.01. The zero-order valence-corrected chi connectivity index (χ0v) is 14.0. The number of hydrogen-bond donors (Lipinski definition) is 1. The number of thioether (sulfide) groups is 2. The fourth-order valence-corrected chi connectivity index (χ4v) is 4.68. The third-order valence-electron chi connectivity index (χ3n) is 3.94. The van der Waals surface area contributed by atoms with Gasteiger partial charge in [-0.25, -0.2) is 0 Å². The van der Waals surface area contributed by atoms with Crippen molar-refractivity contribution >= 4 is 45.4 Å². The van der Waals surface area contributed by atoms with Gasteiger partial charge in [0.2, 0.25) is 0 Å². The molecule has 0 radical (unpaired) electrons. The van der Waals surface area contributed by atoms with Gasteiger partial charge in [0.1, 0.15) is 5.58 Å². The van der Waals surface area contributed by atoms with Crippen LogP contribution in [0.25, 0.3) is 16.7 Å². The largest absolute Gasteiger partial charge is 0.464 e. The van der Waals surface area contributed by atoms with E-state index in [1.807, 2.05) is 6.07 Å². The average molecular weight is 332 g/mol. The lowest BCUT2D eigenvalue weighted by Crippen LogP contribution is -2.20. The lowest BCUT2D eigenvalue weighted by molar-refractivity contribution is 0.240. The van der Waals surface area contributed by atoms with E-state index in [2.05, 4.69) is 28.3 Å². The van der Waals surface area contributed by atoms with Crippen molar-refractivity contribution in [2.75, 3.05) is 19.3 Å². The van der Waals surface area contributed by atoms with Gasteiger partial charge in [0.15, 0.2) is 5.17 Å². The summed E-state index contributed by atoms with van der Waals surface area (Å²) in [5.74, 6) is 0. The molecule has 0 saturated heterocycles. The first-order valence-corrected chi connectivity index (χ1v) is 9.21. The van der Waals surface area contributed by atoms with E-state index < -0.39 is 6.10 Å². The molecule has 4 nitrogen and oxygen atoms in total. The van der Waals surface area contributed by atoms with E-state index in [9.17, 15) is 5.11 Å². The Bertz CT molecular complexity index is 808. The maximum absolute atomic E-state index is 10.2. The van der Waals surface area contributed by atoms with Gasteiger partial charge in [-0.05, 0) is 31.4 Å². The summed E-state index contributed by atoms with van der Waals surface area (Å²) in [6, 6.07) is 6.23. The van der Waals surface area contributed by atoms with Gasteiger partial charge in [0, 0.05) is 27.3 Å². The Morgan fingerprint density at radius 3 is 3.05 bits per heavy atom. The molecule has 3 heterocycles. The second-order valence-corrected chi connectivity index (χ2v) is 7.14. The molecule has 6 heteroatoms. The molecular formula is C16H16N2O2S2. The summed E-state index contributed by atoms with van der Waals surface area (Å²) in [5.41, 5.74) is 2.96. The minimum Gasteiger partial charge on any atom is -0.464 e. The van der Waals surface area contributed by atoms with Crippen molar-refractivity contribution < 1.29 is 9.52 Å². The Balaban J connectivity index is 1.95. The SMILES string of the molecule is CSc1ccc(C2=C(C(C)O)SC3=NCCN32)c2occc12. The van der Waals surface area contributed by atoms with Crippen molar-refractivity contribution in [1.29, 1.82) is 0 Å². The second-order valence-electron chi connectivity index (χ2n) is 5.29. The molecular weight excluding hydrogens is 316 g/mol. The van der Waals surface area contributed by atoms with Crippen LogP contribution in [-0.4, -0.2) is 40.6 Å². The molecule has 0 fully saturated rings. The zero-order chi connectivity index (χ0) is 15.3. The van der Waals surface area contributed by atoms with E-state index in [4.69, 9.17) is 4.42 Å². The van der Waals surface area contributed by atoms with Gasteiger partial charge in [-0.3, -0.25) is 4.99 Å². The summed E-state index contributed by atoms with van der Waals surface area (Å²) in [5, 5.41) is 12.3. The van der Waals surface area contributed by atoms with Crippen molar-refractivity contribution in [3.8, 4) is 0 Å². The molecule has 0 aliphatic carbocycles. The van der Waals surface area contributed by atoms with Gasteiger partial charge in [0.05, 0.1) is 24.6 Å². The number of nitrogens with zero attached hydrogens (tertiary/aromatic N) is 2. The van der Waals surface area contributed by atoms with Crippen LogP contribution in [-0.2, 0) is 0 Å². The number of fused-ring (bicyclic) bond motifs is 2. The predicted octanol–water partition coefficient (Wildman–Crippen LogP) is 3.62. The first kappa shape index (κ1) is 14.2. The zero-order valence-electron chi connectivity index (χ0n) is 12.4. The fourth-order valence-electron chi connectivity index (χ4n) is 2.96. The normalized spacial score (nSPS) is 19.0. The van der Waals surface area contributed by atoms with Gasteiger partial charge in [0.25, 0.3) is 0 Å². The molecule has 22 heavy (non-hydrogen) atoms. The molecule has 2 aliphatic rings. The van der Waals surface area contributed by atoms with Crippen LogP contribution in [0, 0.1) is 0 Å². The van der Waals surface area contributed by atoms with Crippen LogP contribution >= 0.6 is 23.5 Å². The second kappa shape index (κ2) is 5.37. The first-order chi connectivity index (χ1) is 10.7. The highest BCUT2D eigenvalue weighted by Crippen LogP contribution is 2.45. The summed E-state index contributed by atoms with van der Waals surface area (Å²) in [6.45, 7) is 3.48. The molecule has 1 unspecified atom stereocenters. The number of aliphatic hydroxyl groups excluding tert-OH is 1. The van der Waals surface area contributed by atoms with Crippen LogP contribution in [0.5, 0.6) is 0 Å². The standard InChI is InChI=1S/C16H16N2O2S2/c1-9(19)15-13(18-7-6-17-16(18)22-15)11-3-4-12(21-2)10-5-8-20-14(10)11/h3-5,8-9,19H,6-7H2,1-2H3. The molecule has 0 spiro atoms. The minimum atomic E-state index is -0.515. The summed E-state index contributed by atoms with van der Waals surface area (Å²) in [7, 11) is 0. The number of benzene rings is 1. The Morgan fingerprint density at radius 2 is 2.27 bits per heavy atom. The monoisotopic (exact) mass is 332 g/mol. The minimum absolute atomic E-state index is 0.515. The predicted molar refractivity (Wildman–Crippen MR) is 93.2 cm³/mol. The van der Waals surface area contributed by atoms with E-state index in [1.54, 1.807) is 36.7 Å². The number of aliphatic imine (C=N–C) groups is 1. The maximum atomic E-state index is 10.2. The number of aliphatic hydroxyl groups is 1. The lowest BCUT2D eigenvalue weighted by atomic mass is 10.1. The summed E-state index contributed by atoms with van der Waals surface area (Å²) in [6.07, 6.45) is 3.29. The fraction of sp³-hybridized carbons (Fsp3) is 0.312. The topological polar surface area (TPSA) is 49.0 Å². The maximum Gasteiger partial charge on any atom is 0.168 e. The Hall–Kier alpha value is -1.37. The average Bonchev–Trinajstić information content (AvgIpc) is 3.20. The van der Waals surface area contributed by atoms with E-state index in [0.29, 0.717) is 0 Å². The number of amidine groups is 1. The van der Waals surface area contributed by atoms with Gasteiger partial charge in [-0.1, -0.05) is 11.8 Å². The van der Waals surface area contributed by atoms with Crippen LogP contribution in [0.2, 0.25) is 0 Å². The molecule has 1 aromatic heterocycles. The van der Waals surface area contributed by atoms with E-state index in [1.165, 1.54) is 4.90 Å². The molecule has 0 saturated carbocycles. The molecule has 114 valence electrons. The third-order valence-corrected chi connectivity index (χ3v) is 6.02.